The van der Waals surface area contributed by atoms with Crippen molar-refractivity contribution in [3.8, 4) is 0 Å². The Labute approximate surface area is 360 Å². The molecule has 0 saturated heterocycles. The topological polar surface area (TPSA) is 135 Å². The Morgan fingerprint density at radius 1 is 0.648 bits per heavy atom. The Bertz CT molecular complexity index is 2050. The predicted octanol–water partition coefficient (Wildman–Crippen LogP) is 11.8. The molecule has 0 bridgehead atoms. The first-order valence-electron chi connectivity index (χ1n) is 15.1. The second kappa shape index (κ2) is 26.6. The highest BCUT2D eigenvalue weighted by atomic mass is 79.9. The molecular weight excluding hydrogens is 932 g/mol. The van der Waals surface area contributed by atoms with Gasteiger partial charge in [-0.3, -0.25) is 14.9 Å². The van der Waals surface area contributed by atoms with Gasteiger partial charge in [-0.05, 0) is 135 Å². The lowest BCUT2D eigenvalue weighted by atomic mass is 10.2. The highest BCUT2D eigenvalue weighted by Crippen LogP contribution is 2.21. The molecule has 0 aliphatic rings. The number of nitrogens with zero attached hydrogens (tertiary/aromatic N) is 1. The van der Waals surface area contributed by atoms with Crippen LogP contribution in [0.5, 0.6) is 0 Å². The van der Waals surface area contributed by atoms with Crippen LogP contribution < -0.4 is 27.4 Å². The van der Waals surface area contributed by atoms with E-state index in [4.69, 9.17) is 35.9 Å². The van der Waals surface area contributed by atoms with Gasteiger partial charge in [0.2, 0.25) is 0 Å². The number of aliphatic imine (C=N–C) groups is 1. The van der Waals surface area contributed by atoms with Crippen molar-refractivity contribution >= 4 is 129 Å². The molecule has 5 aromatic rings. The number of amides is 2. The number of carbonyl (C=O) groups is 2. The number of nitrogens with two attached hydrogens (primary N) is 2. The van der Waals surface area contributed by atoms with Crippen molar-refractivity contribution in [2.75, 3.05) is 16.4 Å². The first kappa shape index (κ1) is 49.9. The SMILES string of the molecule is C.C.Cc1ccc(Br)cc1N.Cc1ccc(Br)cc1NC(=S)NC(=O)c1ccccc1.Cc1ccc(Br)cc1NC(N)=S.O=C(N=C=S)c1ccccc1. The molecule has 0 saturated carbocycles. The van der Waals surface area contributed by atoms with Crippen molar-refractivity contribution in [2.24, 2.45) is 10.7 Å². The van der Waals surface area contributed by atoms with E-state index in [0.29, 0.717) is 11.1 Å². The van der Waals surface area contributed by atoms with Crippen LogP contribution in [-0.2, 0) is 0 Å². The zero-order valence-electron chi connectivity index (χ0n) is 28.2. The maximum Gasteiger partial charge on any atom is 0.285 e. The molecule has 0 unspecified atom stereocenters. The van der Waals surface area contributed by atoms with E-state index in [1.165, 1.54) is 0 Å². The fraction of sp³-hybridized carbons (Fsp3) is 0.125. The van der Waals surface area contributed by atoms with Gasteiger partial charge in [-0.15, -0.1) is 0 Å². The third kappa shape index (κ3) is 19.3. The van der Waals surface area contributed by atoms with Crippen LogP contribution in [0.3, 0.4) is 0 Å². The number of halogens is 3. The number of thiocarbonyl (C=S) groups is 3. The molecule has 0 fully saturated rings. The lowest BCUT2D eigenvalue weighted by Gasteiger charge is -2.12. The van der Waals surface area contributed by atoms with Gasteiger partial charge >= 0.3 is 0 Å². The summed E-state index contributed by atoms with van der Waals surface area (Å²) in [5.74, 6) is -0.573. The van der Waals surface area contributed by atoms with Gasteiger partial charge in [0.25, 0.3) is 11.8 Å². The Hall–Kier alpha value is -4.14. The number of benzene rings is 5. The zero-order valence-corrected chi connectivity index (χ0v) is 35.5. The summed E-state index contributed by atoms with van der Waals surface area (Å²) < 4.78 is 2.99. The number of hydrogen-bond donors (Lipinski definition) is 5. The number of hydrogen-bond acceptors (Lipinski definition) is 6. The molecule has 284 valence electrons. The van der Waals surface area contributed by atoms with Crippen molar-refractivity contribution in [3.63, 3.8) is 0 Å². The summed E-state index contributed by atoms with van der Waals surface area (Å²) in [4.78, 5) is 26.2. The van der Waals surface area contributed by atoms with Gasteiger partial charge in [0.1, 0.15) is 0 Å². The van der Waals surface area contributed by atoms with Gasteiger partial charge in [-0.25, -0.2) is 0 Å². The van der Waals surface area contributed by atoms with Crippen molar-refractivity contribution in [1.29, 1.82) is 0 Å². The lowest BCUT2D eigenvalue weighted by molar-refractivity contribution is 0.0975. The quantitative estimate of drug-likeness (QED) is 0.0678. The van der Waals surface area contributed by atoms with Crippen LogP contribution in [0.25, 0.3) is 0 Å². The Kier molecular flexibility index (Phi) is 24.6. The van der Waals surface area contributed by atoms with Crippen LogP contribution in [0.1, 0.15) is 52.3 Å². The number of isothiocyanates is 1. The third-order valence-electron chi connectivity index (χ3n) is 6.58. The summed E-state index contributed by atoms with van der Waals surface area (Å²) in [6.45, 7) is 5.95. The summed E-state index contributed by atoms with van der Waals surface area (Å²) in [5, 5.41) is 11.2. The highest BCUT2D eigenvalue weighted by molar-refractivity contribution is 9.11. The van der Waals surface area contributed by atoms with E-state index >= 15 is 0 Å². The molecule has 54 heavy (non-hydrogen) atoms. The highest BCUT2D eigenvalue weighted by Gasteiger charge is 2.08. The molecule has 5 rings (SSSR count). The summed E-state index contributed by atoms with van der Waals surface area (Å²) in [5.41, 5.74) is 18.0. The second-order valence-corrected chi connectivity index (χ2v) is 14.3. The van der Waals surface area contributed by atoms with E-state index < -0.39 is 0 Å². The molecule has 2 amide bonds. The number of nitrogens with one attached hydrogen (secondary N) is 3. The molecular formula is C40H43Br3N6O2S3. The molecule has 0 aliphatic carbocycles. The van der Waals surface area contributed by atoms with Crippen molar-refractivity contribution < 1.29 is 9.59 Å². The molecule has 7 N–H and O–H groups in total. The van der Waals surface area contributed by atoms with Crippen LogP contribution in [0.4, 0.5) is 17.1 Å². The van der Waals surface area contributed by atoms with E-state index in [9.17, 15) is 9.59 Å². The fourth-order valence-corrected chi connectivity index (χ4v) is 5.30. The van der Waals surface area contributed by atoms with E-state index in [2.05, 4.69) is 81.0 Å². The normalized spacial score (nSPS) is 9.07. The second-order valence-electron chi connectivity index (χ2n) is 10.6. The van der Waals surface area contributed by atoms with Crippen molar-refractivity contribution in [2.45, 2.75) is 35.6 Å². The molecule has 0 aromatic heterocycles. The minimum Gasteiger partial charge on any atom is -0.398 e. The number of carbonyl (C=O) groups excluding carboxylic acids is 2. The summed E-state index contributed by atoms with van der Waals surface area (Å²) in [6, 6.07) is 35.3. The van der Waals surface area contributed by atoms with Crippen LogP contribution in [0.15, 0.2) is 134 Å². The monoisotopic (exact) mass is 972 g/mol. The van der Waals surface area contributed by atoms with Gasteiger partial charge in [0.15, 0.2) is 10.2 Å². The first-order chi connectivity index (χ1) is 24.7. The molecule has 0 heterocycles. The average Bonchev–Trinajstić information content (AvgIpc) is 3.11. The molecule has 14 heteroatoms. The molecule has 0 radical (unpaired) electrons. The van der Waals surface area contributed by atoms with Gasteiger partial charge in [-0.2, -0.15) is 4.99 Å². The molecule has 5 aromatic carbocycles. The average molecular weight is 976 g/mol. The van der Waals surface area contributed by atoms with Gasteiger partial charge < -0.3 is 22.1 Å². The smallest absolute Gasteiger partial charge is 0.285 e. The van der Waals surface area contributed by atoms with E-state index in [-0.39, 0.29) is 36.9 Å². The van der Waals surface area contributed by atoms with Crippen LogP contribution in [0.2, 0.25) is 0 Å². The van der Waals surface area contributed by atoms with Crippen molar-refractivity contribution in [3.05, 3.63) is 156 Å². The summed E-state index contributed by atoms with van der Waals surface area (Å²) in [6.07, 6.45) is 0. The maximum atomic E-state index is 11.9. The minimum atomic E-state index is -0.347. The zero-order chi connectivity index (χ0) is 38.6. The standard InChI is InChI=1S/C15H13BrN2OS.C8H9BrN2S.C8H5NOS.C7H8BrN.2CH4/c1-10-7-8-12(16)9-13(10)17-15(20)18-14(19)11-5-3-2-4-6-11;1-5-2-3-6(9)4-7(5)11-8(10)12;10-8(9-6-11)7-4-2-1-3-5-7;1-5-2-3-6(8)4-7(5)9;;/h2-9H,1H3,(H2,17,18,19,20);2-4H,1H3,(H3,10,11,12);1-5H;2-4H,9H2,1H3;2*1H4. The largest absolute Gasteiger partial charge is 0.398 e. The molecule has 0 aliphatic heterocycles. The Morgan fingerprint density at radius 2 is 1.07 bits per heavy atom. The fourth-order valence-electron chi connectivity index (χ4n) is 3.81. The number of nitrogen functional groups attached to an aromatic ring is 1. The maximum absolute atomic E-state index is 11.9. The van der Waals surface area contributed by atoms with Crippen LogP contribution in [-0.4, -0.2) is 27.2 Å². The van der Waals surface area contributed by atoms with Gasteiger partial charge in [-0.1, -0.05) is 117 Å². The lowest BCUT2D eigenvalue weighted by Crippen LogP contribution is -2.34. The third-order valence-corrected chi connectivity index (χ3v) is 8.45. The van der Waals surface area contributed by atoms with Crippen LogP contribution in [0, 0.1) is 20.8 Å². The van der Waals surface area contributed by atoms with E-state index in [1.54, 1.807) is 36.4 Å². The Balaban J connectivity index is 0.000000720. The number of rotatable bonds is 4. The first-order valence-corrected chi connectivity index (χ1v) is 18.8. The molecule has 8 nitrogen and oxygen atoms in total. The minimum absolute atomic E-state index is 0. The molecule has 0 atom stereocenters. The van der Waals surface area contributed by atoms with E-state index in [1.807, 2.05) is 105 Å². The predicted molar refractivity (Wildman–Crippen MR) is 251 cm³/mol. The molecule has 0 spiro atoms. The van der Waals surface area contributed by atoms with Crippen molar-refractivity contribution in [1.82, 2.24) is 5.32 Å². The van der Waals surface area contributed by atoms with E-state index in [0.717, 1.165) is 47.2 Å². The number of aryl methyl sites for hydroxylation is 3. The number of anilines is 3. The van der Waals surface area contributed by atoms with Crippen LogP contribution >= 0.6 is 84.4 Å². The summed E-state index contributed by atoms with van der Waals surface area (Å²) in [7, 11) is 0. The van der Waals surface area contributed by atoms with Gasteiger partial charge in [0.05, 0.1) is 5.16 Å². The summed E-state index contributed by atoms with van der Waals surface area (Å²) >= 11 is 24.3. The Morgan fingerprint density at radius 3 is 1.50 bits per heavy atom. The van der Waals surface area contributed by atoms with Gasteiger partial charge in [0, 0.05) is 41.6 Å².